The van der Waals surface area contributed by atoms with E-state index in [2.05, 4.69) is 0 Å². The van der Waals surface area contributed by atoms with Crippen molar-refractivity contribution in [1.29, 1.82) is 0 Å². The van der Waals surface area contributed by atoms with E-state index in [9.17, 15) is 28.6 Å². The van der Waals surface area contributed by atoms with Crippen molar-refractivity contribution in [2.45, 2.75) is 24.3 Å². The van der Waals surface area contributed by atoms with Gasteiger partial charge >= 0.3 is 5.69 Å². The zero-order valence-electron chi connectivity index (χ0n) is 14.7. The zero-order valence-corrected chi connectivity index (χ0v) is 15.5. The SMILES string of the molecule is O=[N+]([O-])c1cccc(COc2ccc(S(=O)(=O)N3CCCC3)cc2[N+](=O)[O-])c1. The summed E-state index contributed by atoms with van der Waals surface area (Å²) in [6.07, 6.45) is 1.51. The smallest absolute Gasteiger partial charge is 0.312 e. The van der Waals surface area contributed by atoms with E-state index in [0.29, 0.717) is 18.7 Å². The molecule has 10 nitrogen and oxygen atoms in total. The molecule has 28 heavy (non-hydrogen) atoms. The second-order valence-corrected chi connectivity index (χ2v) is 8.15. The number of rotatable bonds is 7. The van der Waals surface area contributed by atoms with Crippen molar-refractivity contribution in [3.8, 4) is 5.75 Å². The standard InChI is InChI=1S/C17H17N3O7S/c21-19(22)14-5-3-4-13(10-14)12-27-17-7-6-15(11-16(17)20(23)24)28(25,26)18-8-1-2-9-18/h3-7,10-11H,1-2,8-9,12H2. The van der Waals surface area contributed by atoms with E-state index >= 15 is 0 Å². The molecule has 0 spiro atoms. The third-order valence-electron chi connectivity index (χ3n) is 4.35. The first kappa shape index (κ1) is 19.7. The fourth-order valence-electron chi connectivity index (χ4n) is 2.92. The van der Waals surface area contributed by atoms with Crippen LogP contribution in [0.15, 0.2) is 47.4 Å². The summed E-state index contributed by atoms with van der Waals surface area (Å²) in [7, 11) is -3.80. The van der Waals surface area contributed by atoms with Crippen molar-refractivity contribution < 1.29 is 23.0 Å². The Morgan fingerprint density at radius 3 is 2.36 bits per heavy atom. The van der Waals surface area contributed by atoms with E-state index in [-0.39, 0.29) is 22.9 Å². The molecule has 0 amide bonds. The molecule has 148 valence electrons. The van der Waals surface area contributed by atoms with Gasteiger partial charge in [-0.1, -0.05) is 12.1 Å². The fourth-order valence-corrected chi connectivity index (χ4v) is 4.46. The van der Waals surface area contributed by atoms with Crippen LogP contribution < -0.4 is 4.74 Å². The summed E-state index contributed by atoms with van der Waals surface area (Å²) >= 11 is 0. The molecule has 1 heterocycles. The van der Waals surface area contributed by atoms with E-state index in [1.807, 2.05) is 0 Å². The van der Waals surface area contributed by atoms with Crippen LogP contribution in [0.4, 0.5) is 11.4 Å². The van der Waals surface area contributed by atoms with E-state index in [1.54, 1.807) is 6.07 Å². The summed E-state index contributed by atoms with van der Waals surface area (Å²) in [6, 6.07) is 9.18. The highest BCUT2D eigenvalue weighted by atomic mass is 32.2. The minimum absolute atomic E-state index is 0.114. The molecule has 0 atom stereocenters. The van der Waals surface area contributed by atoms with Crippen molar-refractivity contribution >= 4 is 21.4 Å². The molecule has 0 bridgehead atoms. The molecule has 2 aromatic rings. The predicted octanol–water partition coefficient (Wildman–Crippen LogP) is 2.87. The van der Waals surface area contributed by atoms with Crippen LogP contribution in [0.3, 0.4) is 0 Å². The number of ether oxygens (including phenoxy) is 1. The Kier molecular flexibility index (Phi) is 5.56. The van der Waals surface area contributed by atoms with Gasteiger partial charge in [0.15, 0.2) is 5.75 Å². The van der Waals surface area contributed by atoms with Crippen LogP contribution in [0.2, 0.25) is 0 Å². The van der Waals surface area contributed by atoms with Gasteiger partial charge in [0.25, 0.3) is 5.69 Å². The zero-order chi connectivity index (χ0) is 20.3. The number of hydrogen-bond acceptors (Lipinski definition) is 7. The molecule has 0 radical (unpaired) electrons. The van der Waals surface area contributed by atoms with Crippen LogP contribution in [-0.2, 0) is 16.6 Å². The molecule has 3 rings (SSSR count). The van der Waals surface area contributed by atoms with Crippen LogP contribution in [-0.4, -0.2) is 35.7 Å². The van der Waals surface area contributed by atoms with Crippen LogP contribution in [0.5, 0.6) is 5.75 Å². The molecular weight excluding hydrogens is 390 g/mol. The van der Waals surface area contributed by atoms with Gasteiger partial charge in [0.05, 0.1) is 14.7 Å². The van der Waals surface area contributed by atoms with Crippen molar-refractivity contribution in [3.05, 3.63) is 68.3 Å². The Bertz CT molecular complexity index is 1020. The van der Waals surface area contributed by atoms with Gasteiger partial charge in [0.2, 0.25) is 10.0 Å². The number of nitro benzene ring substituents is 2. The quantitative estimate of drug-likeness (QED) is 0.509. The van der Waals surface area contributed by atoms with Crippen LogP contribution in [0.1, 0.15) is 18.4 Å². The largest absolute Gasteiger partial charge is 0.482 e. The topological polar surface area (TPSA) is 133 Å². The van der Waals surface area contributed by atoms with Gasteiger partial charge in [-0.15, -0.1) is 0 Å². The predicted molar refractivity (Wildman–Crippen MR) is 98.5 cm³/mol. The molecule has 0 saturated carbocycles. The van der Waals surface area contributed by atoms with Crippen molar-refractivity contribution in [2.75, 3.05) is 13.1 Å². The fraction of sp³-hybridized carbons (Fsp3) is 0.294. The monoisotopic (exact) mass is 407 g/mol. The summed E-state index contributed by atoms with van der Waals surface area (Å²) in [5, 5.41) is 22.2. The van der Waals surface area contributed by atoms with E-state index in [4.69, 9.17) is 4.74 Å². The highest BCUT2D eigenvalue weighted by Gasteiger charge is 2.29. The van der Waals surface area contributed by atoms with E-state index in [0.717, 1.165) is 18.9 Å². The molecule has 0 aromatic heterocycles. The molecule has 1 aliphatic rings. The molecule has 2 aromatic carbocycles. The van der Waals surface area contributed by atoms with Crippen LogP contribution in [0.25, 0.3) is 0 Å². The number of nitro groups is 2. The van der Waals surface area contributed by atoms with Crippen LogP contribution >= 0.6 is 0 Å². The summed E-state index contributed by atoms with van der Waals surface area (Å²) in [6.45, 7) is 0.642. The Hall–Kier alpha value is -3.05. The van der Waals surface area contributed by atoms with E-state index in [1.165, 1.54) is 34.6 Å². The second-order valence-electron chi connectivity index (χ2n) is 6.21. The summed E-state index contributed by atoms with van der Waals surface area (Å²) in [4.78, 5) is 20.8. The number of nitrogens with zero attached hydrogens (tertiary/aromatic N) is 3. The van der Waals surface area contributed by atoms with Gasteiger partial charge in [0, 0.05) is 31.3 Å². The second kappa shape index (κ2) is 7.90. The Labute approximate surface area is 160 Å². The molecule has 1 fully saturated rings. The molecule has 0 N–H and O–H groups in total. The highest BCUT2D eigenvalue weighted by Crippen LogP contribution is 2.32. The Morgan fingerprint density at radius 1 is 1.00 bits per heavy atom. The van der Waals surface area contributed by atoms with Gasteiger partial charge < -0.3 is 4.74 Å². The lowest BCUT2D eigenvalue weighted by atomic mass is 10.2. The first-order valence-corrected chi connectivity index (χ1v) is 9.88. The maximum absolute atomic E-state index is 12.6. The minimum Gasteiger partial charge on any atom is -0.482 e. The third kappa shape index (κ3) is 4.10. The lowest BCUT2D eigenvalue weighted by molar-refractivity contribution is -0.386. The Balaban J connectivity index is 1.85. The molecule has 0 aliphatic carbocycles. The molecule has 1 saturated heterocycles. The van der Waals surface area contributed by atoms with Gasteiger partial charge in [-0.3, -0.25) is 20.2 Å². The first-order valence-electron chi connectivity index (χ1n) is 8.44. The maximum atomic E-state index is 12.6. The van der Waals surface area contributed by atoms with Gasteiger partial charge in [-0.25, -0.2) is 8.42 Å². The van der Waals surface area contributed by atoms with Gasteiger partial charge in [-0.05, 0) is 30.5 Å². The molecule has 0 unspecified atom stereocenters. The molecule has 1 aliphatic heterocycles. The van der Waals surface area contributed by atoms with Gasteiger partial charge in [-0.2, -0.15) is 4.31 Å². The van der Waals surface area contributed by atoms with E-state index < -0.39 is 25.6 Å². The van der Waals surface area contributed by atoms with Crippen molar-refractivity contribution in [1.82, 2.24) is 4.31 Å². The van der Waals surface area contributed by atoms with Crippen molar-refractivity contribution in [2.24, 2.45) is 0 Å². The molecule has 11 heteroatoms. The minimum atomic E-state index is -3.80. The average Bonchev–Trinajstić information content (AvgIpc) is 3.22. The van der Waals surface area contributed by atoms with Crippen molar-refractivity contribution in [3.63, 3.8) is 0 Å². The number of hydrogen-bond donors (Lipinski definition) is 0. The number of benzene rings is 2. The highest BCUT2D eigenvalue weighted by molar-refractivity contribution is 7.89. The third-order valence-corrected chi connectivity index (χ3v) is 6.24. The lowest BCUT2D eigenvalue weighted by Crippen LogP contribution is -2.27. The number of sulfonamides is 1. The van der Waals surface area contributed by atoms with Crippen LogP contribution in [0, 0.1) is 20.2 Å². The molecular formula is C17H17N3O7S. The maximum Gasteiger partial charge on any atom is 0.312 e. The summed E-state index contributed by atoms with van der Waals surface area (Å²) in [5.74, 6) is -0.114. The normalized spacial score (nSPS) is 14.7. The number of non-ortho nitro benzene ring substituents is 1. The Morgan fingerprint density at radius 2 is 1.71 bits per heavy atom. The first-order chi connectivity index (χ1) is 13.3. The summed E-state index contributed by atoms with van der Waals surface area (Å²) < 4.78 is 31.9. The lowest BCUT2D eigenvalue weighted by Gasteiger charge is -2.16. The summed E-state index contributed by atoms with van der Waals surface area (Å²) in [5.41, 5.74) is -0.148. The van der Waals surface area contributed by atoms with Gasteiger partial charge in [0.1, 0.15) is 6.61 Å². The average molecular weight is 407 g/mol.